The average Bonchev–Trinajstić information content (AvgIpc) is 3.18. The van der Waals surface area contributed by atoms with Crippen molar-refractivity contribution in [2.24, 2.45) is 10.8 Å². The summed E-state index contributed by atoms with van der Waals surface area (Å²) in [7, 11) is 1.23. The standard InChI is InChI=1S/C44H56N6O7/c1-43(2,3)37(49-41(54)56-7)39(52)47-33(24-30-17-13-19-32(23-30)34-20-11-12-22-46-34)26-36(51)35(25-29-15-9-8-10-16-29)48-40(53)38(44(4,5)6)50-42(55)57-28-31-18-14-21-45-27-31/h8-23,27,33,35-38,51H,24-26,28H2,1-7H3,(H,47,52)(H,48,53)(H,49,54)(H,50,55)/t33-,35-,36-,37+,38+/m0/s1. The fourth-order valence-electron chi connectivity index (χ4n) is 6.35. The Morgan fingerprint density at radius 1 is 0.684 bits per heavy atom. The predicted molar refractivity (Wildman–Crippen MR) is 218 cm³/mol. The van der Waals surface area contributed by atoms with Gasteiger partial charge in [-0.05, 0) is 65.5 Å². The summed E-state index contributed by atoms with van der Waals surface area (Å²) in [5.41, 5.74) is 2.64. The Labute approximate surface area is 335 Å². The molecule has 0 unspecified atom stereocenters. The van der Waals surface area contributed by atoms with E-state index < -0.39 is 65.1 Å². The lowest BCUT2D eigenvalue weighted by Gasteiger charge is -2.35. The van der Waals surface area contributed by atoms with Crippen molar-refractivity contribution >= 4 is 24.0 Å². The minimum Gasteiger partial charge on any atom is -0.453 e. The van der Waals surface area contributed by atoms with Gasteiger partial charge in [-0.3, -0.25) is 19.6 Å². The fourth-order valence-corrected chi connectivity index (χ4v) is 6.35. The molecule has 0 fully saturated rings. The minimum atomic E-state index is -1.18. The van der Waals surface area contributed by atoms with E-state index in [0.717, 1.165) is 22.4 Å². The molecular formula is C44H56N6O7. The maximum atomic E-state index is 14.1. The van der Waals surface area contributed by atoms with E-state index in [1.54, 1.807) is 30.7 Å². The molecule has 0 bridgehead atoms. The fraction of sp³-hybridized carbons (Fsp3) is 0.409. The van der Waals surface area contributed by atoms with Gasteiger partial charge in [-0.15, -0.1) is 0 Å². The Balaban J connectivity index is 1.62. The molecule has 0 saturated carbocycles. The smallest absolute Gasteiger partial charge is 0.408 e. The van der Waals surface area contributed by atoms with Crippen LogP contribution in [-0.2, 0) is 38.5 Å². The zero-order valence-electron chi connectivity index (χ0n) is 33.8. The van der Waals surface area contributed by atoms with Crippen molar-refractivity contribution in [2.45, 2.75) is 97.7 Å². The van der Waals surface area contributed by atoms with Crippen LogP contribution in [0.25, 0.3) is 11.3 Å². The second-order valence-electron chi connectivity index (χ2n) is 16.2. The number of hydrogen-bond donors (Lipinski definition) is 5. The van der Waals surface area contributed by atoms with Crippen LogP contribution >= 0.6 is 0 Å². The lowest BCUT2D eigenvalue weighted by atomic mass is 9.85. The molecule has 0 aliphatic heterocycles. The van der Waals surface area contributed by atoms with Gasteiger partial charge in [0.1, 0.15) is 18.7 Å². The Morgan fingerprint density at radius 2 is 1.32 bits per heavy atom. The minimum absolute atomic E-state index is 0.0210. The third-order valence-electron chi connectivity index (χ3n) is 9.39. The molecule has 4 amide bonds. The van der Waals surface area contributed by atoms with Crippen LogP contribution in [0.15, 0.2) is 104 Å². The number of rotatable bonds is 16. The van der Waals surface area contributed by atoms with Gasteiger partial charge in [0, 0.05) is 35.8 Å². The molecule has 5 atom stereocenters. The molecule has 57 heavy (non-hydrogen) atoms. The summed E-state index contributed by atoms with van der Waals surface area (Å²) in [6.45, 7) is 10.9. The Kier molecular flexibility index (Phi) is 15.7. The lowest BCUT2D eigenvalue weighted by Crippen LogP contribution is -2.59. The number of nitrogens with one attached hydrogen (secondary N) is 4. The van der Waals surface area contributed by atoms with E-state index >= 15 is 0 Å². The third-order valence-corrected chi connectivity index (χ3v) is 9.39. The van der Waals surface area contributed by atoms with Gasteiger partial charge in [-0.2, -0.15) is 0 Å². The highest BCUT2D eigenvalue weighted by Gasteiger charge is 2.38. The van der Waals surface area contributed by atoms with E-state index in [9.17, 15) is 24.3 Å². The van der Waals surface area contributed by atoms with Gasteiger partial charge in [0.15, 0.2) is 0 Å². The number of methoxy groups -OCH3 is 1. The first kappa shape index (κ1) is 43.9. The van der Waals surface area contributed by atoms with Gasteiger partial charge < -0.3 is 35.8 Å². The van der Waals surface area contributed by atoms with E-state index in [4.69, 9.17) is 9.47 Å². The molecule has 4 aromatic rings. The van der Waals surface area contributed by atoms with E-state index in [0.29, 0.717) is 12.0 Å². The molecule has 304 valence electrons. The molecule has 0 radical (unpaired) electrons. The van der Waals surface area contributed by atoms with Gasteiger partial charge in [0.05, 0.1) is 24.9 Å². The maximum Gasteiger partial charge on any atom is 0.408 e. The van der Waals surface area contributed by atoms with Gasteiger partial charge >= 0.3 is 12.2 Å². The zero-order valence-corrected chi connectivity index (χ0v) is 33.8. The summed E-state index contributed by atoms with van der Waals surface area (Å²) < 4.78 is 10.2. The molecular weight excluding hydrogens is 725 g/mol. The molecule has 13 heteroatoms. The topological polar surface area (TPSA) is 181 Å². The van der Waals surface area contributed by atoms with Crippen molar-refractivity contribution in [1.29, 1.82) is 0 Å². The third kappa shape index (κ3) is 14.0. The number of aliphatic hydroxyl groups excluding tert-OH is 1. The number of aliphatic hydroxyl groups is 1. The number of benzene rings is 2. The van der Waals surface area contributed by atoms with Crippen LogP contribution < -0.4 is 21.3 Å². The van der Waals surface area contributed by atoms with Gasteiger partial charge in [0.2, 0.25) is 11.8 Å². The van der Waals surface area contributed by atoms with Crippen molar-refractivity contribution in [2.75, 3.05) is 7.11 Å². The second kappa shape index (κ2) is 20.4. The summed E-state index contributed by atoms with van der Waals surface area (Å²) in [5.74, 6) is -0.976. The highest BCUT2D eigenvalue weighted by molar-refractivity contribution is 5.87. The zero-order chi connectivity index (χ0) is 41.6. The molecule has 2 aromatic carbocycles. The highest BCUT2D eigenvalue weighted by Crippen LogP contribution is 2.24. The Hall–Kier alpha value is -5.82. The van der Waals surface area contributed by atoms with E-state index in [-0.39, 0.29) is 19.4 Å². The quantitative estimate of drug-likeness (QED) is 0.0945. The largest absolute Gasteiger partial charge is 0.453 e. The number of alkyl carbamates (subject to hydrolysis) is 2. The average molecular weight is 781 g/mol. The number of hydrogen-bond acceptors (Lipinski definition) is 9. The first-order valence-corrected chi connectivity index (χ1v) is 19.0. The van der Waals surface area contributed by atoms with Crippen LogP contribution in [0.1, 0.15) is 64.7 Å². The number of nitrogens with zero attached hydrogens (tertiary/aromatic N) is 2. The normalized spacial score (nSPS) is 14.2. The monoisotopic (exact) mass is 780 g/mol. The first-order chi connectivity index (χ1) is 27.0. The number of ether oxygens (including phenoxy) is 2. The summed E-state index contributed by atoms with van der Waals surface area (Å²) >= 11 is 0. The number of aromatic nitrogens is 2. The van der Waals surface area contributed by atoms with Crippen molar-refractivity contribution in [1.82, 2.24) is 31.2 Å². The van der Waals surface area contributed by atoms with Crippen molar-refractivity contribution < 1.29 is 33.8 Å². The molecule has 2 aromatic heterocycles. The number of carbonyl (C=O) groups is 4. The highest BCUT2D eigenvalue weighted by atomic mass is 16.5. The van der Waals surface area contributed by atoms with E-state index in [2.05, 4.69) is 31.2 Å². The van der Waals surface area contributed by atoms with Crippen molar-refractivity contribution in [3.8, 4) is 11.3 Å². The van der Waals surface area contributed by atoms with Crippen molar-refractivity contribution in [3.05, 3.63) is 120 Å². The van der Waals surface area contributed by atoms with E-state index in [1.807, 2.05) is 114 Å². The molecule has 0 saturated heterocycles. The van der Waals surface area contributed by atoms with Gasteiger partial charge in [-0.1, -0.05) is 102 Å². The van der Waals surface area contributed by atoms with Crippen molar-refractivity contribution in [3.63, 3.8) is 0 Å². The van der Waals surface area contributed by atoms with Gasteiger partial charge in [0.25, 0.3) is 0 Å². The van der Waals surface area contributed by atoms with Gasteiger partial charge in [-0.25, -0.2) is 9.59 Å². The summed E-state index contributed by atoms with van der Waals surface area (Å²) in [6.07, 6.45) is 2.78. The summed E-state index contributed by atoms with van der Waals surface area (Å²) in [6, 6.07) is 22.8. The van der Waals surface area contributed by atoms with Crippen LogP contribution in [0.5, 0.6) is 0 Å². The van der Waals surface area contributed by atoms with Crippen LogP contribution in [0.3, 0.4) is 0 Å². The van der Waals surface area contributed by atoms with Crippen LogP contribution in [0.2, 0.25) is 0 Å². The summed E-state index contributed by atoms with van der Waals surface area (Å²) in [5, 5.41) is 23.6. The van der Waals surface area contributed by atoms with Crippen LogP contribution in [-0.4, -0.2) is 76.5 Å². The molecule has 0 aliphatic carbocycles. The Morgan fingerprint density at radius 3 is 1.93 bits per heavy atom. The molecule has 2 heterocycles. The predicted octanol–water partition coefficient (Wildman–Crippen LogP) is 5.76. The maximum absolute atomic E-state index is 14.1. The molecule has 0 spiro atoms. The molecule has 4 rings (SSSR count). The molecule has 13 nitrogen and oxygen atoms in total. The summed E-state index contributed by atoms with van der Waals surface area (Å²) in [4.78, 5) is 61.9. The van der Waals surface area contributed by atoms with E-state index in [1.165, 1.54) is 7.11 Å². The molecule has 0 aliphatic rings. The lowest BCUT2D eigenvalue weighted by molar-refractivity contribution is -0.128. The first-order valence-electron chi connectivity index (χ1n) is 19.0. The second-order valence-corrected chi connectivity index (χ2v) is 16.2. The molecule has 5 N–H and O–H groups in total. The van der Waals surface area contributed by atoms with Crippen LogP contribution in [0, 0.1) is 10.8 Å². The number of carbonyl (C=O) groups excluding carboxylic acids is 4. The number of amides is 4. The number of pyridine rings is 2. The SMILES string of the molecule is COC(=O)N[C@H](C(=O)N[C@@H](Cc1cccc(-c2ccccn2)c1)C[C@H](O)[C@H](Cc1ccccc1)NC(=O)[C@@H](NC(=O)OCc1cccnc1)C(C)(C)C)C(C)(C)C. The van der Waals surface area contributed by atoms with Crippen LogP contribution in [0.4, 0.5) is 9.59 Å². The Bertz CT molecular complexity index is 1900.